The van der Waals surface area contributed by atoms with Crippen molar-refractivity contribution in [3.05, 3.63) is 47.7 Å². The van der Waals surface area contributed by atoms with E-state index >= 15 is 0 Å². The average molecular weight is 336 g/mol. The summed E-state index contributed by atoms with van der Waals surface area (Å²) in [6, 6.07) is 8.45. The highest BCUT2D eigenvalue weighted by Gasteiger charge is 2.41. The van der Waals surface area contributed by atoms with E-state index in [2.05, 4.69) is 5.32 Å². The molecule has 1 N–H and O–H groups in total. The summed E-state index contributed by atoms with van der Waals surface area (Å²) >= 11 is 0. The first-order chi connectivity index (χ1) is 11.4. The molecule has 2 bridgehead atoms. The SMILES string of the molecule is O=C(c1ccc(-c2cccc(C(F)(F)F)c2)o1)N1C[C@@H]2C[C@H]1CN2. The first kappa shape index (κ1) is 15.3. The minimum atomic E-state index is -4.41. The van der Waals surface area contributed by atoms with Crippen LogP contribution in [-0.4, -0.2) is 36.0 Å². The van der Waals surface area contributed by atoms with Crippen LogP contribution in [-0.2, 0) is 6.18 Å². The Kier molecular flexibility index (Phi) is 3.42. The summed E-state index contributed by atoms with van der Waals surface area (Å²) in [4.78, 5) is 14.3. The van der Waals surface area contributed by atoms with Gasteiger partial charge in [0, 0.05) is 30.7 Å². The van der Waals surface area contributed by atoms with Crippen LogP contribution in [0.5, 0.6) is 0 Å². The average Bonchev–Trinajstić information content (AvgIpc) is 3.29. The van der Waals surface area contributed by atoms with Crippen molar-refractivity contribution in [2.75, 3.05) is 13.1 Å². The van der Waals surface area contributed by atoms with Crippen LogP contribution in [0, 0.1) is 0 Å². The molecular formula is C17H15F3N2O2. The maximum atomic E-state index is 12.8. The molecule has 4 nitrogen and oxygen atoms in total. The lowest BCUT2D eigenvalue weighted by Crippen LogP contribution is -2.46. The Labute approximate surface area is 136 Å². The zero-order valence-electron chi connectivity index (χ0n) is 12.6. The monoisotopic (exact) mass is 336 g/mol. The minimum Gasteiger partial charge on any atom is -0.451 e. The van der Waals surface area contributed by atoms with Crippen LogP contribution in [0.1, 0.15) is 22.5 Å². The quantitative estimate of drug-likeness (QED) is 0.916. The number of alkyl halides is 3. The highest BCUT2D eigenvalue weighted by atomic mass is 19.4. The van der Waals surface area contributed by atoms with Crippen molar-refractivity contribution in [1.29, 1.82) is 0 Å². The maximum Gasteiger partial charge on any atom is 0.416 e. The van der Waals surface area contributed by atoms with Crippen molar-refractivity contribution in [2.45, 2.75) is 24.7 Å². The van der Waals surface area contributed by atoms with E-state index in [0.29, 0.717) is 18.2 Å². The molecule has 1 amide bonds. The van der Waals surface area contributed by atoms with Crippen molar-refractivity contribution in [3.63, 3.8) is 0 Å². The molecule has 2 aromatic rings. The number of nitrogens with one attached hydrogen (secondary N) is 1. The second-order valence-electron chi connectivity index (χ2n) is 6.19. The van der Waals surface area contributed by atoms with Gasteiger partial charge in [-0.2, -0.15) is 13.2 Å². The Morgan fingerprint density at radius 2 is 2.08 bits per heavy atom. The van der Waals surface area contributed by atoms with Crippen LogP contribution >= 0.6 is 0 Å². The van der Waals surface area contributed by atoms with Crippen molar-refractivity contribution in [1.82, 2.24) is 10.2 Å². The first-order valence-corrected chi connectivity index (χ1v) is 7.73. The van der Waals surface area contributed by atoms with Gasteiger partial charge in [-0.25, -0.2) is 0 Å². The molecule has 4 rings (SSSR count). The standard InChI is InChI=1S/C17H15F3N2O2/c18-17(19,20)11-3-1-2-10(6-11)14-4-5-15(24-14)16(23)22-9-12-7-13(22)8-21-12/h1-6,12-13,21H,7-9H2/t12-,13-/m0/s1. The molecule has 24 heavy (non-hydrogen) atoms. The van der Waals surface area contributed by atoms with Gasteiger partial charge in [0.15, 0.2) is 5.76 Å². The number of furan rings is 1. The normalized spacial score (nSPS) is 23.0. The number of amides is 1. The van der Waals surface area contributed by atoms with Crippen molar-refractivity contribution in [2.24, 2.45) is 0 Å². The molecule has 2 aliphatic heterocycles. The van der Waals surface area contributed by atoms with Gasteiger partial charge in [-0.15, -0.1) is 0 Å². The second kappa shape index (κ2) is 5.37. The number of nitrogens with zero attached hydrogens (tertiary/aromatic N) is 1. The Bertz CT molecular complexity index is 784. The molecule has 126 valence electrons. The highest BCUT2D eigenvalue weighted by Crippen LogP contribution is 2.33. The van der Waals surface area contributed by atoms with Crippen LogP contribution in [0.25, 0.3) is 11.3 Å². The van der Waals surface area contributed by atoms with Crippen molar-refractivity contribution < 1.29 is 22.4 Å². The Morgan fingerprint density at radius 1 is 1.25 bits per heavy atom. The van der Waals surface area contributed by atoms with Gasteiger partial charge < -0.3 is 14.6 Å². The van der Waals surface area contributed by atoms with Gasteiger partial charge in [0.1, 0.15) is 5.76 Å². The van der Waals surface area contributed by atoms with E-state index in [4.69, 9.17) is 4.42 Å². The lowest BCUT2D eigenvalue weighted by atomic mass is 10.1. The first-order valence-electron chi connectivity index (χ1n) is 7.73. The van der Waals surface area contributed by atoms with Crippen LogP contribution < -0.4 is 5.32 Å². The fraction of sp³-hybridized carbons (Fsp3) is 0.353. The summed E-state index contributed by atoms with van der Waals surface area (Å²) in [5.74, 6) is 0.212. The largest absolute Gasteiger partial charge is 0.451 e. The molecule has 2 aliphatic rings. The lowest BCUT2D eigenvalue weighted by Gasteiger charge is -2.26. The van der Waals surface area contributed by atoms with E-state index in [1.54, 1.807) is 4.90 Å². The predicted molar refractivity (Wildman–Crippen MR) is 80.4 cm³/mol. The van der Waals surface area contributed by atoms with Crippen LogP contribution in [0.4, 0.5) is 13.2 Å². The van der Waals surface area contributed by atoms with Gasteiger partial charge in [0.05, 0.1) is 5.56 Å². The molecule has 1 aromatic carbocycles. The number of halogens is 3. The number of piperazine rings is 1. The minimum absolute atomic E-state index is 0.162. The third-order valence-corrected chi connectivity index (χ3v) is 4.61. The van der Waals surface area contributed by atoms with Gasteiger partial charge in [-0.3, -0.25) is 4.79 Å². The molecule has 1 aromatic heterocycles. The van der Waals surface area contributed by atoms with E-state index < -0.39 is 11.7 Å². The number of fused-ring (bicyclic) bond motifs is 2. The number of likely N-dealkylation sites (tertiary alicyclic amines) is 1. The number of hydrogen-bond donors (Lipinski definition) is 1. The van der Waals surface area contributed by atoms with Crippen LogP contribution in [0.15, 0.2) is 40.8 Å². The molecule has 0 unspecified atom stereocenters. The van der Waals surface area contributed by atoms with E-state index in [-0.39, 0.29) is 23.5 Å². The van der Waals surface area contributed by atoms with Gasteiger partial charge in [0.2, 0.25) is 0 Å². The molecule has 2 atom stereocenters. The molecule has 0 radical (unpaired) electrons. The third kappa shape index (κ3) is 2.58. The summed E-state index contributed by atoms with van der Waals surface area (Å²) in [5, 5.41) is 3.31. The Hall–Kier alpha value is -2.28. The number of hydrogen-bond acceptors (Lipinski definition) is 3. The highest BCUT2D eigenvalue weighted by molar-refractivity contribution is 5.92. The van der Waals surface area contributed by atoms with Crippen molar-refractivity contribution in [3.8, 4) is 11.3 Å². The summed E-state index contributed by atoms with van der Waals surface area (Å²) < 4.78 is 44.0. The fourth-order valence-electron chi connectivity index (χ4n) is 3.41. The molecule has 2 fully saturated rings. The molecule has 0 saturated carbocycles. The molecule has 0 aliphatic carbocycles. The fourth-order valence-corrected chi connectivity index (χ4v) is 3.41. The number of carbonyl (C=O) groups is 1. The molecule has 2 saturated heterocycles. The van der Waals surface area contributed by atoms with E-state index in [1.165, 1.54) is 24.3 Å². The predicted octanol–water partition coefficient (Wildman–Crippen LogP) is 3.15. The second-order valence-corrected chi connectivity index (χ2v) is 6.19. The van der Waals surface area contributed by atoms with Gasteiger partial charge in [0.25, 0.3) is 5.91 Å². The summed E-state index contributed by atoms with van der Waals surface area (Å²) in [7, 11) is 0. The number of benzene rings is 1. The van der Waals surface area contributed by atoms with E-state index in [1.807, 2.05) is 0 Å². The van der Waals surface area contributed by atoms with Crippen LogP contribution in [0.3, 0.4) is 0 Å². The topological polar surface area (TPSA) is 45.5 Å². The van der Waals surface area contributed by atoms with Crippen molar-refractivity contribution >= 4 is 5.91 Å². The third-order valence-electron chi connectivity index (χ3n) is 4.61. The maximum absolute atomic E-state index is 12.8. The van der Waals surface area contributed by atoms with E-state index in [0.717, 1.165) is 25.1 Å². The molecular weight excluding hydrogens is 321 g/mol. The number of carbonyl (C=O) groups excluding carboxylic acids is 1. The molecule has 3 heterocycles. The zero-order valence-corrected chi connectivity index (χ0v) is 12.6. The summed E-state index contributed by atoms with van der Waals surface area (Å²) in [6.07, 6.45) is -3.48. The Balaban J connectivity index is 1.58. The summed E-state index contributed by atoms with van der Waals surface area (Å²) in [5.41, 5.74) is -0.444. The summed E-state index contributed by atoms with van der Waals surface area (Å²) in [6.45, 7) is 1.42. The lowest BCUT2D eigenvalue weighted by molar-refractivity contribution is -0.137. The Morgan fingerprint density at radius 3 is 2.75 bits per heavy atom. The van der Waals surface area contributed by atoms with Crippen LogP contribution in [0.2, 0.25) is 0 Å². The molecule has 0 spiro atoms. The van der Waals surface area contributed by atoms with Gasteiger partial charge >= 0.3 is 6.18 Å². The smallest absolute Gasteiger partial charge is 0.416 e. The van der Waals surface area contributed by atoms with E-state index in [9.17, 15) is 18.0 Å². The van der Waals surface area contributed by atoms with Gasteiger partial charge in [-0.1, -0.05) is 12.1 Å². The molecule has 7 heteroatoms. The number of rotatable bonds is 2. The van der Waals surface area contributed by atoms with Gasteiger partial charge in [-0.05, 0) is 30.7 Å². The zero-order chi connectivity index (χ0) is 16.9.